The van der Waals surface area contributed by atoms with Crippen LogP contribution in [0.2, 0.25) is 5.02 Å². The summed E-state index contributed by atoms with van der Waals surface area (Å²) in [5.74, 6) is 0.0160. The van der Waals surface area contributed by atoms with Crippen LogP contribution in [0, 0.1) is 0 Å². The fourth-order valence-corrected chi connectivity index (χ4v) is 2.95. The first kappa shape index (κ1) is 21.5. The number of hydrogen-bond acceptors (Lipinski definition) is 5. The van der Waals surface area contributed by atoms with Crippen molar-refractivity contribution in [2.75, 3.05) is 6.61 Å². The van der Waals surface area contributed by atoms with E-state index < -0.39 is 11.9 Å². The molecule has 0 fully saturated rings. The molecule has 3 aromatic carbocycles. The molecule has 0 unspecified atom stereocenters. The van der Waals surface area contributed by atoms with Gasteiger partial charge in [0, 0.05) is 9.50 Å². The maximum Gasteiger partial charge on any atom is 0.344 e. The number of carbonyl (C=O) groups is 2. The van der Waals surface area contributed by atoms with E-state index in [1.165, 1.54) is 6.21 Å². The molecule has 152 valence electrons. The van der Waals surface area contributed by atoms with Crippen LogP contribution in [0.1, 0.15) is 15.9 Å². The lowest BCUT2D eigenvalue weighted by molar-refractivity contribution is -0.123. The Bertz CT molecular complexity index is 1070. The van der Waals surface area contributed by atoms with Crippen molar-refractivity contribution in [3.8, 4) is 11.5 Å². The van der Waals surface area contributed by atoms with Gasteiger partial charge in [-0.1, -0.05) is 29.8 Å². The van der Waals surface area contributed by atoms with Crippen LogP contribution >= 0.6 is 27.5 Å². The molecule has 3 rings (SSSR count). The highest BCUT2D eigenvalue weighted by Gasteiger charge is 2.11. The van der Waals surface area contributed by atoms with Crippen LogP contribution in [0.4, 0.5) is 0 Å². The topological polar surface area (TPSA) is 77.0 Å². The summed E-state index contributed by atoms with van der Waals surface area (Å²) < 4.78 is 11.3. The number of nitrogens with one attached hydrogen (secondary N) is 1. The first-order chi connectivity index (χ1) is 14.5. The molecule has 0 aromatic heterocycles. The predicted molar refractivity (Wildman–Crippen MR) is 118 cm³/mol. The molecule has 0 radical (unpaired) electrons. The molecule has 1 amide bonds. The van der Waals surface area contributed by atoms with Gasteiger partial charge in [-0.05, 0) is 76.1 Å². The monoisotopic (exact) mass is 486 g/mol. The summed E-state index contributed by atoms with van der Waals surface area (Å²) in [6.45, 7) is -0.193. The van der Waals surface area contributed by atoms with E-state index in [9.17, 15) is 9.59 Å². The molecule has 0 bridgehead atoms. The summed E-state index contributed by atoms with van der Waals surface area (Å²) in [5.41, 5.74) is 3.52. The van der Waals surface area contributed by atoms with Gasteiger partial charge in [0.15, 0.2) is 6.61 Å². The van der Waals surface area contributed by atoms with Crippen LogP contribution in [-0.2, 0) is 4.79 Å². The van der Waals surface area contributed by atoms with Crippen LogP contribution in [0.3, 0.4) is 0 Å². The zero-order valence-corrected chi connectivity index (χ0v) is 17.9. The number of amides is 1. The van der Waals surface area contributed by atoms with Gasteiger partial charge in [0.1, 0.15) is 11.5 Å². The molecule has 0 saturated heterocycles. The van der Waals surface area contributed by atoms with E-state index in [4.69, 9.17) is 21.1 Å². The number of hydrazone groups is 1. The number of rotatable bonds is 7. The summed E-state index contributed by atoms with van der Waals surface area (Å²) in [5, 5.41) is 4.40. The van der Waals surface area contributed by atoms with Crippen LogP contribution < -0.4 is 14.9 Å². The van der Waals surface area contributed by atoms with Crippen molar-refractivity contribution in [3.63, 3.8) is 0 Å². The van der Waals surface area contributed by atoms with Crippen molar-refractivity contribution in [2.24, 2.45) is 5.10 Å². The minimum Gasteiger partial charge on any atom is -0.484 e. The fraction of sp³-hybridized carbons (Fsp3) is 0.0455. The lowest BCUT2D eigenvalue weighted by atomic mass is 10.2. The van der Waals surface area contributed by atoms with Crippen molar-refractivity contribution >= 4 is 45.6 Å². The second kappa shape index (κ2) is 10.6. The van der Waals surface area contributed by atoms with Crippen LogP contribution in [0.15, 0.2) is 82.4 Å². The summed E-state index contributed by atoms with van der Waals surface area (Å²) in [6.07, 6.45) is 1.47. The first-order valence-corrected chi connectivity index (χ1v) is 9.95. The molecule has 8 heteroatoms. The van der Waals surface area contributed by atoms with E-state index in [2.05, 4.69) is 26.5 Å². The van der Waals surface area contributed by atoms with Crippen LogP contribution in [-0.4, -0.2) is 24.7 Å². The molecule has 0 heterocycles. The Hall–Kier alpha value is -3.16. The zero-order chi connectivity index (χ0) is 21.3. The molecule has 3 aromatic rings. The van der Waals surface area contributed by atoms with Gasteiger partial charge in [-0.2, -0.15) is 5.10 Å². The van der Waals surface area contributed by atoms with Gasteiger partial charge >= 0.3 is 5.97 Å². The second-order valence-corrected chi connectivity index (χ2v) is 7.27. The molecular formula is C22H16BrClN2O4. The highest BCUT2D eigenvalue weighted by molar-refractivity contribution is 9.10. The Kier molecular flexibility index (Phi) is 7.59. The third-order valence-corrected chi connectivity index (χ3v) is 4.68. The SMILES string of the molecule is O=C(COc1cccc(Cl)c1)N/N=C/c1ccc(OC(=O)c2ccccc2Br)cc1. The van der Waals surface area contributed by atoms with E-state index >= 15 is 0 Å². The Balaban J connectivity index is 1.48. The van der Waals surface area contributed by atoms with Gasteiger partial charge in [-0.25, -0.2) is 10.2 Å². The van der Waals surface area contributed by atoms with Crippen molar-refractivity contribution in [1.82, 2.24) is 5.43 Å². The first-order valence-electron chi connectivity index (χ1n) is 8.78. The lowest BCUT2D eigenvalue weighted by Gasteiger charge is -2.06. The van der Waals surface area contributed by atoms with Gasteiger partial charge in [0.25, 0.3) is 5.91 Å². The minimum atomic E-state index is -0.462. The number of esters is 1. The normalized spacial score (nSPS) is 10.6. The van der Waals surface area contributed by atoms with Gasteiger partial charge < -0.3 is 9.47 Å². The zero-order valence-electron chi connectivity index (χ0n) is 15.5. The van der Waals surface area contributed by atoms with Gasteiger partial charge in [0.05, 0.1) is 11.8 Å². The average molecular weight is 488 g/mol. The van der Waals surface area contributed by atoms with Crippen molar-refractivity contribution in [2.45, 2.75) is 0 Å². The second-order valence-electron chi connectivity index (χ2n) is 5.98. The highest BCUT2D eigenvalue weighted by Crippen LogP contribution is 2.19. The number of carbonyl (C=O) groups excluding carboxylic acids is 2. The predicted octanol–water partition coefficient (Wildman–Crippen LogP) is 4.85. The Morgan fingerprint density at radius 1 is 1.00 bits per heavy atom. The number of benzene rings is 3. The molecule has 30 heavy (non-hydrogen) atoms. The molecular weight excluding hydrogens is 472 g/mol. The summed E-state index contributed by atoms with van der Waals surface area (Å²) in [7, 11) is 0. The quantitative estimate of drug-likeness (QED) is 0.224. The molecule has 1 N–H and O–H groups in total. The number of ether oxygens (including phenoxy) is 2. The van der Waals surface area contributed by atoms with Gasteiger partial charge in [0.2, 0.25) is 0 Å². The molecule has 0 spiro atoms. The molecule has 0 atom stereocenters. The van der Waals surface area contributed by atoms with Gasteiger partial charge in [-0.3, -0.25) is 4.79 Å². The van der Waals surface area contributed by atoms with Crippen molar-refractivity contribution in [1.29, 1.82) is 0 Å². The van der Waals surface area contributed by atoms with E-state index in [-0.39, 0.29) is 6.61 Å². The molecule has 0 saturated carbocycles. The third-order valence-electron chi connectivity index (χ3n) is 3.75. The summed E-state index contributed by atoms with van der Waals surface area (Å²) in [6, 6.07) is 20.5. The Morgan fingerprint density at radius 3 is 2.50 bits per heavy atom. The maximum absolute atomic E-state index is 12.2. The molecule has 0 aliphatic carbocycles. The molecule has 0 aliphatic heterocycles. The van der Waals surface area contributed by atoms with Gasteiger partial charge in [-0.15, -0.1) is 0 Å². The number of nitrogens with zero attached hydrogens (tertiary/aromatic N) is 1. The Labute approximate surface area is 186 Å². The smallest absolute Gasteiger partial charge is 0.344 e. The minimum absolute atomic E-state index is 0.193. The van der Waals surface area contributed by atoms with E-state index in [0.29, 0.717) is 32.1 Å². The lowest BCUT2D eigenvalue weighted by Crippen LogP contribution is -2.24. The number of halogens is 2. The largest absolute Gasteiger partial charge is 0.484 e. The van der Waals surface area contributed by atoms with Crippen molar-refractivity contribution in [3.05, 3.63) is 93.4 Å². The molecule has 0 aliphatic rings. The van der Waals surface area contributed by atoms with E-state index in [1.807, 2.05) is 6.07 Å². The molecule has 6 nitrogen and oxygen atoms in total. The highest BCUT2D eigenvalue weighted by atomic mass is 79.9. The van der Waals surface area contributed by atoms with Crippen LogP contribution in [0.5, 0.6) is 11.5 Å². The third kappa shape index (κ3) is 6.43. The number of hydrogen-bond donors (Lipinski definition) is 1. The maximum atomic E-state index is 12.2. The van der Waals surface area contributed by atoms with Crippen LogP contribution in [0.25, 0.3) is 0 Å². The fourth-order valence-electron chi connectivity index (χ4n) is 2.33. The van der Waals surface area contributed by atoms with E-state index in [1.54, 1.807) is 66.7 Å². The Morgan fingerprint density at radius 2 is 1.77 bits per heavy atom. The van der Waals surface area contributed by atoms with E-state index in [0.717, 1.165) is 0 Å². The average Bonchev–Trinajstić information content (AvgIpc) is 2.74. The summed E-state index contributed by atoms with van der Waals surface area (Å²) >= 11 is 9.18. The van der Waals surface area contributed by atoms with Crippen molar-refractivity contribution < 1.29 is 19.1 Å². The standard InChI is InChI=1S/C22H16BrClN2O4/c23-20-7-2-1-6-19(20)22(28)30-17-10-8-15(9-11-17)13-25-26-21(27)14-29-18-5-3-4-16(24)12-18/h1-13H,14H2,(H,26,27)/b25-13+. The summed E-state index contributed by atoms with van der Waals surface area (Å²) in [4.78, 5) is 24.0.